The molecule has 0 bridgehead atoms. The summed E-state index contributed by atoms with van der Waals surface area (Å²) in [7, 11) is 0. The van der Waals surface area contributed by atoms with Crippen LogP contribution in [0.25, 0.3) is 22.2 Å². The zero-order valence-corrected chi connectivity index (χ0v) is 15.4. The lowest BCUT2D eigenvalue weighted by molar-refractivity contribution is -0.136. The summed E-state index contributed by atoms with van der Waals surface area (Å²) in [5.74, 6) is -0.784. The van der Waals surface area contributed by atoms with Crippen LogP contribution in [0, 0.1) is 6.92 Å². The fourth-order valence-electron chi connectivity index (χ4n) is 3.83. The number of benzene rings is 3. The van der Waals surface area contributed by atoms with Gasteiger partial charge >= 0.3 is 6.18 Å². The average molecular weight is 379 g/mol. The minimum Gasteiger partial charge on any atom is -0.354 e. The van der Waals surface area contributed by atoms with Crippen LogP contribution >= 0.6 is 0 Å². The molecule has 0 saturated heterocycles. The Hall–Kier alpha value is -3.01. The molecule has 3 aromatic carbocycles. The fraction of sp³-hybridized carbons (Fsp3) is 0.167. The number of hydrogen-bond donors (Lipinski definition) is 1. The van der Waals surface area contributed by atoms with Gasteiger partial charge < -0.3 is 4.98 Å². The van der Waals surface area contributed by atoms with Crippen LogP contribution < -0.4 is 0 Å². The van der Waals surface area contributed by atoms with Crippen molar-refractivity contribution in [1.29, 1.82) is 0 Å². The van der Waals surface area contributed by atoms with Crippen molar-refractivity contribution in [2.45, 2.75) is 25.4 Å². The molecule has 0 aliphatic heterocycles. The van der Waals surface area contributed by atoms with E-state index in [1.54, 1.807) is 24.3 Å². The molecular formula is C24H20F3N. The van der Waals surface area contributed by atoms with Crippen molar-refractivity contribution in [1.82, 2.24) is 4.98 Å². The smallest absolute Gasteiger partial charge is 0.354 e. The van der Waals surface area contributed by atoms with Gasteiger partial charge in [-0.2, -0.15) is 13.2 Å². The number of aromatic amines is 1. The van der Waals surface area contributed by atoms with Gasteiger partial charge in [0.15, 0.2) is 0 Å². The molecule has 1 N–H and O–H groups in total. The first-order valence-electron chi connectivity index (χ1n) is 9.22. The fourth-order valence-corrected chi connectivity index (χ4v) is 3.83. The van der Waals surface area contributed by atoms with Crippen LogP contribution in [0.2, 0.25) is 0 Å². The highest BCUT2D eigenvalue weighted by molar-refractivity contribution is 5.92. The Kier molecular flexibility index (Phi) is 4.71. The number of halogens is 3. The number of aromatic nitrogens is 1. The number of rotatable bonds is 4. The van der Waals surface area contributed by atoms with Gasteiger partial charge in [-0.15, -0.1) is 0 Å². The summed E-state index contributed by atoms with van der Waals surface area (Å²) in [4.78, 5) is 3.39. The molecule has 4 heteroatoms. The van der Waals surface area contributed by atoms with Gasteiger partial charge in [0.05, 0.1) is 12.1 Å². The first-order chi connectivity index (χ1) is 13.4. The standard InChI is InChI=1S/C24H20F3N/c1-16-12-13-19-21(14-16)28-23(18-10-6-3-7-11-18)22(19)20(15-24(25,26)27)17-8-4-2-5-9-17/h2-14,20,28H,15H2,1H3/t20-/m1/s1. The molecule has 0 amide bonds. The molecule has 142 valence electrons. The molecule has 4 aromatic rings. The molecule has 1 nitrogen and oxygen atoms in total. The van der Waals surface area contributed by atoms with Gasteiger partial charge in [0, 0.05) is 16.8 Å². The summed E-state index contributed by atoms with van der Waals surface area (Å²) in [6, 6.07) is 24.4. The van der Waals surface area contributed by atoms with Gasteiger partial charge in [-0.1, -0.05) is 72.8 Å². The molecule has 28 heavy (non-hydrogen) atoms. The molecule has 0 spiro atoms. The van der Waals surface area contributed by atoms with Gasteiger partial charge in [-0.3, -0.25) is 0 Å². The largest absolute Gasteiger partial charge is 0.390 e. The van der Waals surface area contributed by atoms with Crippen molar-refractivity contribution in [3.05, 3.63) is 95.6 Å². The number of fused-ring (bicyclic) bond motifs is 1. The maximum atomic E-state index is 13.6. The number of alkyl halides is 3. The second-order valence-corrected chi connectivity index (χ2v) is 7.11. The van der Waals surface area contributed by atoms with Crippen LogP contribution in [0.1, 0.15) is 29.0 Å². The highest BCUT2D eigenvalue weighted by Crippen LogP contribution is 2.43. The highest BCUT2D eigenvalue weighted by Gasteiger charge is 2.35. The van der Waals surface area contributed by atoms with Crippen molar-refractivity contribution in [3.63, 3.8) is 0 Å². The molecule has 0 aliphatic carbocycles. The Bertz CT molecular complexity index is 1080. The van der Waals surface area contributed by atoms with Crippen molar-refractivity contribution >= 4 is 10.9 Å². The summed E-state index contributed by atoms with van der Waals surface area (Å²) in [6.07, 6.45) is -5.18. The molecular weight excluding hydrogens is 359 g/mol. The Morgan fingerprint density at radius 2 is 1.50 bits per heavy atom. The average Bonchev–Trinajstić information content (AvgIpc) is 3.05. The molecule has 0 radical (unpaired) electrons. The van der Waals surface area contributed by atoms with Crippen LogP contribution in [0.3, 0.4) is 0 Å². The SMILES string of the molecule is Cc1ccc2c([C@H](CC(F)(F)F)c3ccccc3)c(-c3ccccc3)[nH]c2c1. The van der Waals surface area contributed by atoms with Crippen molar-refractivity contribution in [3.8, 4) is 11.3 Å². The summed E-state index contributed by atoms with van der Waals surface area (Å²) in [5, 5.41) is 0.836. The zero-order valence-electron chi connectivity index (χ0n) is 15.4. The maximum Gasteiger partial charge on any atom is 0.390 e. The Labute approximate surface area is 161 Å². The first-order valence-corrected chi connectivity index (χ1v) is 9.22. The second kappa shape index (κ2) is 7.19. The molecule has 1 aromatic heterocycles. The van der Waals surface area contributed by atoms with Gasteiger partial charge in [0.25, 0.3) is 0 Å². The minimum absolute atomic E-state index is 0.665. The van der Waals surface area contributed by atoms with Gasteiger partial charge in [-0.25, -0.2) is 0 Å². The lowest BCUT2D eigenvalue weighted by Crippen LogP contribution is -2.15. The monoisotopic (exact) mass is 379 g/mol. The van der Waals surface area contributed by atoms with E-state index < -0.39 is 18.5 Å². The van der Waals surface area contributed by atoms with E-state index >= 15 is 0 Å². The van der Waals surface area contributed by atoms with Crippen molar-refractivity contribution in [2.24, 2.45) is 0 Å². The number of aryl methyl sites for hydroxylation is 1. The molecule has 0 fully saturated rings. The normalized spacial score (nSPS) is 13.0. The second-order valence-electron chi connectivity index (χ2n) is 7.11. The van der Waals surface area contributed by atoms with E-state index in [0.29, 0.717) is 11.1 Å². The first kappa shape index (κ1) is 18.4. The van der Waals surface area contributed by atoms with Gasteiger partial charge in [-0.05, 0) is 35.2 Å². The van der Waals surface area contributed by atoms with E-state index in [9.17, 15) is 13.2 Å². The van der Waals surface area contributed by atoms with Crippen LogP contribution in [0.4, 0.5) is 13.2 Å². The Morgan fingerprint density at radius 1 is 0.857 bits per heavy atom. The van der Waals surface area contributed by atoms with E-state index in [-0.39, 0.29) is 0 Å². The number of H-pyrrole nitrogens is 1. The number of nitrogens with one attached hydrogen (secondary N) is 1. The summed E-state index contributed by atoms with van der Waals surface area (Å²) in [6.45, 7) is 1.98. The highest BCUT2D eigenvalue weighted by atomic mass is 19.4. The van der Waals surface area contributed by atoms with Crippen LogP contribution in [0.15, 0.2) is 78.9 Å². The molecule has 4 rings (SSSR count). The van der Waals surface area contributed by atoms with E-state index in [1.165, 1.54) is 0 Å². The lowest BCUT2D eigenvalue weighted by atomic mass is 9.85. The minimum atomic E-state index is -4.28. The summed E-state index contributed by atoms with van der Waals surface area (Å²) < 4.78 is 40.7. The third-order valence-corrected chi connectivity index (χ3v) is 5.04. The lowest BCUT2D eigenvalue weighted by Gasteiger charge is -2.21. The molecule has 1 heterocycles. The van der Waals surface area contributed by atoms with E-state index in [0.717, 1.165) is 27.7 Å². The molecule has 0 saturated carbocycles. The third-order valence-electron chi connectivity index (χ3n) is 5.04. The Balaban J connectivity index is 2.00. The van der Waals surface area contributed by atoms with Crippen LogP contribution in [-0.2, 0) is 0 Å². The Morgan fingerprint density at radius 3 is 2.14 bits per heavy atom. The van der Waals surface area contributed by atoms with Crippen molar-refractivity contribution in [2.75, 3.05) is 0 Å². The molecule has 1 atom stereocenters. The quantitative estimate of drug-likeness (QED) is 0.385. The van der Waals surface area contributed by atoms with Crippen molar-refractivity contribution < 1.29 is 13.2 Å². The molecule has 0 aliphatic rings. The predicted octanol–water partition coefficient (Wildman–Crippen LogP) is 7.23. The van der Waals surface area contributed by atoms with E-state index in [2.05, 4.69) is 4.98 Å². The van der Waals surface area contributed by atoms with Crippen LogP contribution in [0.5, 0.6) is 0 Å². The zero-order chi connectivity index (χ0) is 19.7. The van der Waals surface area contributed by atoms with Crippen LogP contribution in [-0.4, -0.2) is 11.2 Å². The maximum absolute atomic E-state index is 13.6. The van der Waals surface area contributed by atoms with E-state index in [1.807, 2.05) is 61.5 Å². The van der Waals surface area contributed by atoms with Gasteiger partial charge in [0.1, 0.15) is 0 Å². The van der Waals surface area contributed by atoms with E-state index in [4.69, 9.17) is 0 Å². The number of hydrogen-bond acceptors (Lipinski definition) is 0. The van der Waals surface area contributed by atoms with Gasteiger partial charge in [0.2, 0.25) is 0 Å². The topological polar surface area (TPSA) is 15.8 Å². The molecule has 0 unspecified atom stereocenters. The third kappa shape index (κ3) is 3.68. The summed E-state index contributed by atoms with van der Waals surface area (Å²) >= 11 is 0. The predicted molar refractivity (Wildman–Crippen MR) is 107 cm³/mol. The summed E-state index contributed by atoms with van der Waals surface area (Å²) in [5.41, 5.74) is 4.92.